The van der Waals surface area contributed by atoms with Gasteiger partial charge in [-0.15, -0.1) is 0 Å². The third-order valence-electron chi connectivity index (χ3n) is 4.14. The lowest BCUT2D eigenvalue weighted by atomic mass is 9.80. The molecule has 0 aromatic heterocycles. The van der Waals surface area contributed by atoms with E-state index in [-0.39, 0.29) is 17.4 Å². The molecule has 5 heteroatoms. The zero-order chi connectivity index (χ0) is 16.0. The highest BCUT2D eigenvalue weighted by Crippen LogP contribution is 2.28. The fourth-order valence-corrected chi connectivity index (χ4v) is 3.00. The predicted molar refractivity (Wildman–Crippen MR) is 84.7 cm³/mol. The van der Waals surface area contributed by atoms with Crippen LogP contribution in [0.5, 0.6) is 0 Å². The van der Waals surface area contributed by atoms with Crippen LogP contribution in [0.2, 0.25) is 0 Å². The minimum Gasteiger partial charge on any atom is -0.347 e. The van der Waals surface area contributed by atoms with E-state index in [9.17, 15) is 9.59 Å². The number of nitrogens with one attached hydrogen (secondary N) is 1. The first-order chi connectivity index (χ1) is 9.73. The lowest BCUT2D eigenvalue weighted by Crippen LogP contribution is -2.51. The second-order valence-corrected chi connectivity index (χ2v) is 7.08. The minimum atomic E-state index is -0.445. The molecule has 1 saturated carbocycles. The Morgan fingerprint density at radius 2 is 1.76 bits per heavy atom. The maximum absolute atomic E-state index is 12.3. The molecule has 0 aromatic carbocycles. The number of likely N-dealkylation sites (N-methyl/N-ethyl adjacent to an activating group) is 1. The highest BCUT2D eigenvalue weighted by Gasteiger charge is 2.32. The van der Waals surface area contributed by atoms with Crippen LogP contribution in [0, 0.1) is 5.92 Å². The Bertz CT molecular complexity index is 361. The van der Waals surface area contributed by atoms with Crippen LogP contribution in [0.15, 0.2) is 0 Å². The summed E-state index contributed by atoms with van der Waals surface area (Å²) in [6, 6.07) is -0.445. The first-order valence-electron chi connectivity index (χ1n) is 8.03. The molecule has 3 N–H and O–H groups in total. The zero-order valence-electron chi connectivity index (χ0n) is 13.9. The van der Waals surface area contributed by atoms with Crippen molar-refractivity contribution < 1.29 is 9.59 Å². The van der Waals surface area contributed by atoms with Crippen LogP contribution >= 0.6 is 0 Å². The highest BCUT2D eigenvalue weighted by atomic mass is 16.2. The normalized spacial score (nSPS) is 19.1. The van der Waals surface area contributed by atoms with E-state index >= 15 is 0 Å². The molecule has 1 fully saturated rings. The monoisotopic (exact) mass is 297 g/mol. The van der Waals surface area contributed by atoms with Crippen LogP contribution < -0.4 is 11.1 Å². The topological polar surface area (TPSA) is 75.4 Å². The van der Waals surface area contributed by atoms with Gasteiger partial charge in [-0.3, -0.25) is 9.59 Å². The molecule has 1 aliphatic rings. The average Bonchev–Trinajstić information content (AvgIpc) is 2.36. The molecule has 0 aromatic rings. The summed E-state index contributed by atoms with van der Waals surface area (Å²) in [5, 5.41) is 2.89. The van der Waals surface area contributed by atoms with E-state index in [1.165, 1.54) is 11.3 Å². The molecule has 2 amide bonds. The summed E-state index contributed by atoms with van der Waals surface area (Å²) in [5.74, 6) is 0.202. The number of hydrogen-bond donors (Lipinski definition) is 2. The molecule has 0 saturated heterocycles. The van der Waals surface area contributed by atoms with E-state index in [1.54, 1.807) is 14.1 Å². The summed E-state index contributed by atoms with van der Waals surface area (Å²) in [6.45, 7) is 4.10. The van der Waals surface area contributed by atoms with Crippen LogP contribution in [0.25, 0.3) is 0 Å². The Labute approximate surface area is 128 Å². The van der Waals surface area contributed by atoms with E-state index in [1.807, 2.05) is 13.8 Å². The van der Waals surface area contributed by atoms with Crippen molar-refractivity contribution in [1.82, 2.24) is 10.2 Å². The van der Waals surface area contributed by atoms with Crippen molar-refractivity contribution >= 4 is 11.8 Å². The Morgan fingerprint density at radius 1 is 1.19 bits per heavy atom. The first-order valence-corrected chi connectivity index (χ1v) is 8.03. The van der Waals surface area contributed by atoms with E-state index in [0.29, 0.717) is 18.8 Å². The summed E-state index contributed by atoms with van der Waals surface area (Å²) < 4.78 is 0. The zero-order valence-corrected chi connectivity index (χ0v) is 13.9. The van der Waals surface area contributed by atoms with Crippen molar-refractivity contribution in [3.05, 3.63) is 0 Å². The average molecular weight is 297 g/mol. The second-order valence-electron chi connectivity index (χ2n) is 7.08. The van der Waals surface area contributed by atoms with Crippen LogP contribution in [-0.2, 0) is 9.59 Å². The van der Waals surface area contributed by atoms with Crippen LogP contribution in [0.3, 0.4) is 0 Å². The predicted octanol–water partition coefficient (Wildman–Crippen LogP) is 1.66. The molecule has 0 bridgehead atoms. The molecule has 1 atom stereocenters. The largest absolute Gasteiger partial charge is 0.347 e. The van der Waals surface area contributed by atoms with Gasteiger partial charge in [-0.05, 0) is 25.2 Å². The van der Waals surface area contributed by atoms with Crippen molar-refractivity contribution in [3.8, 4) is 0 Å². The van der Waals surface area contributed by atoms with Crippen molar-refractivity contribution in [2.75, 3.05) is 14.1 Å². The van der Waals surface area contributed by atoms with E-state index in [2.05, 4.69) is 5.32 Å². The van der Waals surface area contributed by atoms with Gasteiger partial charge < -0.3 is 16.0 Å². The van der Waals surface area contributed by atoms with Gasteiger partial charge in [0.15, 0.2) is 0 Å². The number of nitrogens with two attached hydrogens (primary N) is 1. The van der Waals surface area contributed by atoms with E-state index in [0.717, 1.165) is 25.7 Å². The van der Waals surface area contributed by atoms with E-state index < -0.39 is 6.04 Å². The number of nitrogens with zero attached hydrogens (tertiary/aromatic N) is 1. The quantitative estimate of drug-likeness (QED) is 0.783. The molecular formula is C16H31N3O2. The number of amides is 2. The summed E-state index contributed by atoms with van der Waals surface area (Å²) in [4.78, 5) is 26.0. The second kappa shape index (κ2) is 7.78. The molecule has 1 aliphatic carbocycles. The van der Waals surface area contributed by atoms with E-state index in [4.69, 9.17) is 5.73 Å². The Balaban J connectivity index is 2.60. The molecule has 21 heavy (non-hydrogen) atoms. The maximum Gasteiger partial charge on any atom is 0.244 e. The fourth-order valence-electron chi connectivity index (χ4n) is 3.00. The van der Waals surface area contributed by atoms with Crippen molar-refractivity contribution in [3.63, 3.8) is 0 Å². The molecule has 1 unspecified atom stereocenters. The van der Waals surface area contributed by atoms with Gasteiger partial charge in [-0.1, -0.05) is 33.1 Å². The van der Waals surface area contributed by atoms with Crippen LogP contribution in [0.1, 0.15) is 58.8 Å². The molecule has 0 heterocycles. The number of carbonyl (C=O) groups excluding carboxylic acids is 2. The number of hydrogen-bond acceptors (Lipinski definition) is 3. The Morgan fingerprint density at radius 3 is 2.24 bits per heavy atom. The van der Waals surface area contributed by atoms with Crippen molar-refractivity contribution in [1.29, 1.82) is 0 Å². The lowest BCUT2D eigenvalue weighted by Gasteiger charge is -2.33. The van der Waals surface area contributed by atoms with Crippen molar-refractivity contribution in [2.24, 2.45) is 11.7 Å². The molecule has 122 valence electrons. The standard InChI is InChI=1S/C16H31N3O2/c1-12(2)10-13(15(21)19(3)4)18-14(20)11-16(17)8-6-5-7-9-16/h12-13H,5-11,17H2,1-4H3,(H,18,20). The van der Waals surface area contributed by atoms with Crippen molar-refractivity contribution in [2.45, 2.75) is 70.4 Å². The molecule has 1 rings (SSSR count). The smallest absolute Gasteiger partial charge is 0.244 e. The molecule has 0 aliphatic heterocycles. The number of carbonyl (C=O) groups is 2. The minimum absolute atomic E-state index is 0.0493. The Hall–Kier alpha value is -1.10. The van der Waals surface area contributed by atoms with Gasteiger partial charge in [0, 0.05) is 26.1 Å². The van der Waals surface area contributed by atoms with Gasteiger partial charge in [-0.25, -0.2) is 0 Å². The highest BCUT2D eigenvalue weighted by molar-refractivity contribution is 5.87. The van der Waals surface area contributed by atoms with Gasteiger partial charge in [0.05, 0.1) is 0 Å². The maximum atomic E-state index is 12.3. The van der Waals surface area contributed by atoms with Crippen LogP contribution in [-0.4, -0.2) is 42.4 Å². The fraction of sp³-hybridized carbons (Fsp3) is 0.875. The number of rotatable bonds is 6. The van der Waals surface area contributed by atoms with Crippen LogP contribution in [0.4, 0.5) is 0 Å². The van der Waals surface area contributed by atoms with Gasteiger partial charge >= 0.3 is 0 Å². The molecule has 0 radical (unpaired) electrons. The summed E-state index contributed by atoms with van der Waals surface area (Å²) in [7, 11) is 3.43. The Kier molecular flexibility index (Phi) is 6.65. The summed E-state index contributed by atoms with van der Waals surface area (Å²) in [6.07, 6.45) is 6.16. The third kappa shape index (κ3) is 6.04. The molecule has 0 spiro atoms. The van der Waals surface area contributed by atoms with Gasteiger partial charge in [0.25, 0.3) is 0 Å². The SMILES string of the molecule is CC(C)CC(NC(=O)CC1(N)CCCCC1)C(=O)N(C)C. The van der Waals surface area contributed by atoms with Gasteiger partial charge in [0.2, 0.25) is 11.8 Å². The molecule has 5 nitrogen and oxygen atoms in total. The first kappa shape index (κ1) is 18.0. The van der Waals surface area contributed by atoms with Gasteiger partial charge in [0.1, 0.15) is 6.04 Å². The lowest BCUT2D eigenvalue weighted by molar-refractivity contribution is -0.135. The third-order valence-corrected chi connectivity index (χ3v) is 4.14. The summed E-state index contributed by atoms with van der Waals surface area (Å²) >= 11 is 0. The molecular weight excluding hydrogens is 266 g/mol. The van der Waals surface area contributed by atoms with Gasteiger partial charge in [-0.2, -0.15) is 0 Å². The summed E-state index contributed by atoms with van der Waals surface area (Å²) in [5.41, 5.74) is 5.93.